The maximum absolute atomic E-state index is 12.0. The lowest BCUT2D eigenvalue weighted by molar-refractivity contribution is -0.130. The molecule has 1 atom stereocenters. The molecule has 0 saturated carbocycles. The average Bonchev–Trinajstić information content (AvgIpc) is 2.44. The number of hydrogen-bond acceptors (Lipinski definition) is 4. The molecule has 6 heteroatoms. The molecule has 0 aromatic heterocycles. The highest BCUT2D eigenvalue weighted by molar-refractivity contribution is 6.00. The van der Waals surface area contributed by atoms with E-state index in [2.05, 4.69) is 10.6 Å². The molecule has 0 saturated heterocycles. The van der Waals surface area contributed by atoms with Crippen molar-refractivity contribution in [3.05, 3.63) is 23.8 Å². The number of nitrogens with two attached hydrogens (primary N) is 1. The fourth-order valence-electron chi connectivity index (χ4n) is 1.80. The van der Waals surface area contributed by atoms with Gasteiger partial charge in [-0.1, -0.05) is 0 Å². The number of nitrogen functional groups attached to an aromatic ring is 1. The van der Waals surface area contributed by atoms with Gasteiger partial charge in [-0.25, -0.2) is 0 Å². The van der Waals surface area contributed by atoms with E-state index in [1.54, 1.807) is 44.1 Å². The van der Waals surface area contributed by atoms with E-state index < -0.39 is 6.04 Å². The van der Waals surface area contributed by atoms with Crippen molar-refractivity contribution in [2.45, 2.75) is 19.9 Å². The standard InChI is InChI=1S/C14H22N4O2/c1-5-18(4)14(20)9(2)17-12-8-10(15)6-7-11(12)13(19)16-3/h6-9,17H,5,15H2,1-4H3,(H,16,19). The van der Waals surface area contributed by atoms with Crippen molar-refractivity contribution in [3.63, 3.8) is 0 Å². The number of anilines is 2. The number of hydrogen-bond donors (Lipinski definition) is 3. The van der Waals surface area contributed by atoms with Crippen molar-refractivity contribution in [2.24, 2.45) is 0 Å². The monoisotopic (exact) mass is 278 g/mol. The number of nitrogens with one attached hydrogen (secondary N) is 2. The van der Waals surface area contributed by atoms with Crippen LogP contribution in [0, 0.1) is 0 Å². The number of carbonyl (C=O) groups excluding carboxylic acids is 2. The van der Waals surface area contributed by atoms with Gasteiger partial charge in [0.2, 0.25) is 5.91 Å². The van der Waals surface area contributed by atoms with Gasteiger partial charge in [0.1, 0.15) is 6.04 Å². The number of rotatable bonds is 5. The topological polar surface area (TPSA) is 87.5 Å². The third-order valence-electron chi connectivity index (χ3n) is 3.11. The van der Waals surface area contributed by atoms with Gasteiger partial charge in [0.25, 0.3) is 5.91 Å². The van der Waals surface area contributed by atoms with E-state index in [0.717, 1.165) is 0 Å². The summed E-state index contributed by atoms with van der Waals surface area (Å²) in [5.74, 6) is -0.270. The van der Waals surface area contributed by atoms with Gasteiger partial charge in [-0.05, 0) is 32.0 Å². The molecule has 0 aliphatic carbocycles. The van der Waals surface area contributed by atoms with Gasteiger partial charge in [-0.15, -0.1) is 0 Å². The summed E-state index contributed by atoms with van der Waals surface area (Å²) in [6, 6.07) is 4.50. The smallest absolute Gasteiger partial charge is 0.253 e. The predicted molar refractivity (Wildman–Crippen MR) is 80.6 cm³/mol. The molecule has 0 aliphatic rings. The first-order valence-electron chi connectivity index (χ1n) is 6.53. The lowest BCUT2D eigenvalue weighted by atomic mass is 10.1. The summed E-state index contributed by atoms with van der Waals surface area (Å²) >= 11 is 0. The maximum Gasteiger partial charge on any atom is 0.253 e. The molecule has 1 rings (SSSR count). The van der Waals surface area contributed by atoms with Crippen LogP contribution in [0.15, 0.2) is 18.2 Å². The molecule has 4 N–H and O–H groups in total. The van der Waals surface area contributed by atoms with Crippen molar-refractivity contribution in [1.82, 2.24) is 10.2 Å². The molecule has 0 aliphatic heterocycles. The lowest BCUT2D eigenvalue weighted by Crippen LogP contribution is -2.39. The summed E-state index contributed by atoms with van der Waals surface area (Å²) in [5, 5.41) is 5.61. The summed E-state index contributed by atoms with van der Waals surface area (Å²) in [6.45, 7) is 4.29. The fourth-order valence-corrected chi connectivity index (χ4v) is 1.80. The Morgan fingerprint density at radius 3 is 2.60 bits per heavy atom. The Bertz CT molecular complexity index is 502. The molecule has 110 valence electrons. The van der Waals surface area contributed by atoms with Crippen molar-refractivity contribution < 1.29 is 9.59 Å². The number of benzene rings is 1. The van der Waals surface area contributed by atoms with Crippen LogP contribution in [0.3, 0.4) is 0 Å². The van der Waals surface area contributed by atoms with E-state index in [1.165, 1.54) is 0 Å². The summed E-state index contributed by atoms with van der Waals surface area (Å²) in [5.41, 5.74) is 7.28. The fraction of sp³-hybridized carbons (Fsp3) is 0.429. The second-order valence-corrected chi connectivity index (χ2v) is 4.60. The van der Waals surface area contributed by atoms with Crippen LogP contribution in [0.25, 0.3) is 0 Å². The Kier molecular flexibility index (Phi) is 5.37. The zero-order valence-electron chi connectivity index (χ0n) is 12.4. The van der Waals surface area contributed by atoms with Gasteiger partial charge < -0.3 is 21.3 Å². The molecule has 1 unspecified atom stereocenters. The van der Waals surface area contributed by atoms with Gasteiger partial charge in [-0.3, -0.25) is 9.59 Å². The molecular weight excluding hydrogens is 256 g/mol. The highest BCUT2D eigenvalue weighted by atomic mass is 16.2. The molecule has 0 radical (unpaired) electrons. The molecule has 1 aromatic rings. The van der Waals surface area contributed by atoms with E-state index in [9.17, 15) is 9.59 Å². The van der Waals surface area contributed by atoms with E-state index in [-0.39, 0.29) is 11.8 Å². The van der Waals surface area contributed by atoms with Crippen molar-refractivity contribution in [3.8, 4) is 0 Å². The van der Waals surface area contributed by atoms with Crippen molar-refractivity contribution >= 4 is 23.2 Å². The second-order valence-electron chi connectivity index (χ2n) is 4.60. The minimum atomic E-state index is -0.440. The SMILES string of the molecule is CCN(C)C(=O)C(C)Nc1cc(N)ccc1C(=O)NC. The van der Waals surface area contributed by atoms with Crippen LogP contribution in [-0.2, 0) is 4.79 Å². The Morgan fingerprint density at radius 1 is 1.40 bits per heavy atom. The minimum absolute atomic E-state index is 0.0437. The average molecular weight is 278 g/mol. The van der Waals surface area contributed by atoms with Gasteiger partial charge >= 0.3 is 0 Å². The van der Waals surface area contributed by atoms with Gasteiger partial charge in [0.05, 0.1) is 5.56 Å². The first kappa shape index (κ1) is 15.8. The maximum atomic E-state index is 12.0. The molecule has 0 fully saturated rings. The zero-order chi connectivity index (χ0) is 15.3. The number of nitrogens with zero attached hydrogens (tertiary/aromatic N) is 1. The highest BCUT2D eigenvalue weighted by Crippen LogP contribution is 2.20. The molecule has 2 amide bonds. The lowest BCUT2D eigenvalue weighted by Gasteiger charge is -2.22. The molecule has 0 heterocycles. The first-order valence-corrected chi connectivity index (χ1v) is 6.53. The summed E-state index contributed by atoms with van der Waals surface area (Å²) in [7, 11) is 3.29. The molecule has 0 spiro atoms. The Balaban J connectivity index is 2.99. The second kappa shape index (κ2) is 6.79. The van der Waals surface area contributed by atoms with Crippen LogP contribution < -0.4 is 16.4 Å². The Labute approximate surface area is 119 Å². The first-order chi connectivity index (χ1) is 9.40. The Hall–Kier alpha value is -2.24. The number of likely N-dealkylation sites (N-methyl/N-ethyl adjacent to an activating group) is 1. The summed E-state index contributed by atoms with van der Waals surface area (Å²) in [4.78, 5) is 25.5. The quantitative estimate of drug-likeness (QED) is 0.699. The molecule has 6 nitrogen and oxygen atoms in total. The summed E-state index contributed by atoms with van der Waals surface area (Å²) < 4.78 is 0. The van der Waals surface area contributed by atoms with Crippen LogP contribution in [0.5, 0.6) is 0 Å². The van der Waals surface area contributed by atoms with Gasteiger partial charge in [-0.2, -0.15) is 0 Å². The van der Waals surface area contributed by atoms with Gasteiger partial charge in [0.15, 0.2) is 0 Å². The van der Waals surface area contributed by atoms with Gasteiger partial charge in [0, 0.05) is 32.0 Å². The number of amides is 2. The van der Waals surface area contributed by atoms with Crippen molar-refractivity contribution in [1.29, 1.82) is 0 Å². The normalized spacial score (nSPS) is 11.6. The molecule has 1 aromatic carbocycles. The van der Waals surface area contributed by atoms with Crippen LogP contribution in [0.4, 0.5) is 11.4 Å². The van der Waals surface area contributed by atoms with E-state index in [0.29, 0.717) is 23.5 Å². The Morgan fingerprint density at radius 2 is 2.05 bits per heavy atom. The predicted octanol–water partition coefficient (Wildman–Crippen LogP) is 0.907. The van der Waals surface area contributed by atoms with Crippen LogP contribution in [0.1, 0.15) is 24.2 Å². The summed E-state index contributed by atoms with van der Waals surface area (Å²) in [6.07, 6.45) is 0. The van der Waals surface area contributed by atoms with E-state index in [4.69, 9.17) is 5.73 Å². The molecule has 0 bridgehead atoms. The minimum Gasteiger partial charge on any atom is -0.399 e. The third kappa shape index (κ3) is 3.63. The van der Waals surface area contributed by atoms with E-state index >= 15 is 0 Å². The zero-order valence-corrected chi connectivity index (χ0v) is 12.4. The molecular formula is C14H22N4O2. The largest absolute Gasteiger partial charge is 0.399 e. The van der Waals surface area contributed by atoms with E-state index in [1.807, 2.05) is 6.92 Å². The van der Waals surface area contributed by atoms with Crippen LogP contribution in [-0.4, -0.2) is 43.4 Å². The third-order valence-corrected chi connectivity index (χ3v) is 3.11. The van der Waals surface area contributed by atoms with Crippen LogP contribution in [0.2, 0.25) is 0 Å². The number of carbonyl (C=O) groups is 2. The van der Waals surface area contributed by atoms with Crippen LogP contribution >= 0.6 is 0 Å². The highest BCUT2D eigenvalue weighted by Gasteiger charge is 2.19. The van der Waals surface area contributed by atoms with Crippen molar-refractivity contribution in [2.75, 3.05) is 31.7 Å². The molecule has 20 heavy (non-hydrogen) atoms.